The van der Waals surface area contributed by atoms with E-state index in [1.54, 1.807) is 13.1 Å². The molecule has 0 unspecified atom stereocenters. The summed E-state index contributed by atoms with van der Waals surface area (Å²) in [5.41, 5.74) is 5.19. The normalized spacial score (nSPS) is 19.7. The number of carbonyl (C=O) groups excluding carboxylic acids is 1. The summed E-state index contributed by atoms with van der Waals surface area (Å²) in [5, 5.41) is 5.67. The van der Waals surface area contributed by atoms with Gasteiger partial charge in [0.2, 0.25) is 0 Å². The fourth-order valence-electron chi connectivity index (χ4n) is 6.07. The highest BCUT2D eigenvalue weighted by Crippen LogP contribution is 2.60. The van der Waals surface area contributed by atoms with Crippen LogP contribution in [0.4, 0.5) is 10.5 Å². The van der Waals surface area contributed by atoms with E-state index in [1.165, 1.54) is 22.6 Å². The molecular formula is C34H54ClN5O4Si2. The van der Waals surface area contributed by atoms with Gasteiger partial charge < -0.3 is 14.2 Å². The van der Waals surface area contributed by atoms with Crippen molar-refractivity contribution >= 4 is 50.6 Å². The zero-order valence-electron chi connectivity index (χ0n) is 29.8. The molecule has 1 aromatic carbocycles. The second-order valence-electron chi connectivity index (χ2n) is 17.1. The standard InChI is InChI=1S/C34H54ClN5O4Si2/c1-33(2,3)44-32(41)38(5)24-17-26(35)30-27(18-24)39(21-42-12-14-45(6,7)8)31(36-30)29-25-16-23-19-34(23,4)20-28(25)40(37-29)22-43-13-15-46(9,10)11/h17-18,23H,12-16,19-22H2,1-11H3/t23-,34-/m1/s1. The third kappa shape index (κ3) is 8.09. The van der Waals surface area contributed by atoms with Crippen LogP contribution < -0.4 is 4.90 Å². The summed E-state index contributed by atoms with van der Waals surface area (Å²) in [6.45, 7) is 24.3. The molecule has 2 atom stereocenters. The Hall–Kier alpha value is -2.19. The van der Waals surface area contributed by atoms with E-state index in [9.17, 15) is 4.79 Å². The van der Waals surface area contributed by atoms with E-state index < -0.39 is 27.8 Å². The average Bonchev–Trinajstić information content (AvgIpc) is 3.27. The molecule has 2 aliphatic carbocycles. The van der Waals surface area contributed by atoms with Crippen molar-refractivity contribution in [2.75, 3.05) is 25.2 Å². The van der Waals surface area contributed by atoms with Gasteiger partial charge in [-0.3, -0.25) is 9.47 Å². The van der Waals surface area contributed by atoms with Crippen molar-refractivity contribution in [3.05, 3.63) is 28.4 Å². The minimum absolute atomic E-state index is 0.307. The molecule has 0 aliphatic heterocycles. The Labute approximate surface area is 281 Å². The van der Waals surface area contributed by atoms with E-state index in [4.69, 9.17) is 35.9 Å². The lowest BCUT2D eigenvalue weighted by Crippen LogP contribution is -2.34. The maximum Gasteiger partial charge on any atom is 0.414 e. The van der Waals surface area contributed by atoms with Crippen LogP contribution in [0.2, 0.25) is 56.4 Å². The minimum atomic E-state index is -1.29. The molecule has 2 heterocycles. The van der Waals surface area contributed by atoms with E-state index in [1.807, 2.05) is 26.8 Å². The third-order valence-corrected chi connectivity index (χ3v) is 12.9. The SMILES string of the molecule is CN(C(=O)OC(C)(C)C)c1cc(Cl)c2nc(-c3nn(COCC[Si](C)(C)C)c4c3C[C@@H]3C[C@]3(C)C4)n(COCC[Si](C)(C)C)c2c1. The predicted molar refractivity (Wildman–Crippen MR) is 192 cm³/mol. The smallest absolute Gasteiger partial charge is 0.414 e. The first kappa shape index (κ1) is 35.1. The highest BCUT2D eigenvalue weighted by Gasteiger charge is 2.54. The molecule has 254 valence electrons. The molecule has 3 aromatic rings. The van der Waals surface area contributed by atoms with Crippen LogP contribution in [0, 0.1) is 11.3 Å². The molecule has 46 heavy (non-hydrogen) atoms. The Kier molecular flexibility index (Phi) is 9.69. The Balaban J connectivity index is 1.56. The number of imidazole rings is 1. The van der Waals surface area contributed by atoms with Gasteiger partial charge in [0.25, 0.3) is 0 Å². The first-order valence-electron chi connectivity index (χ1n) is 16.7. The van der Waals surface area contributed by atoms with Crippen LogP contribution in [0.25, 0.3) is 22.6 Å². The first-order valence-corrected chi connectivity index (χ1v) is 24.4. The number of amides is 1. The van der Waals surface area contributed by atoms with Crippen LogP contribution in [0.3, 0.4) is 0 Å². The minimum Gasteiger partial charge on any atom is -0.443 e. The van der Waals surface area contributed by atoms with Crippen LogP contribution in [0.1, 0.15) is 45.4 Å². The molecule has 0 spiro atoms. The van der Waals surface area contributed by atoms with Gasteiger partial charge >= 0.3 is 6.09 Å². The van der Waals surface area contributed by atoms with Crippen LogP contribution in [-0.2, 0) is 40.5 Å². The number of ether oxygens (including phenoxy) is 3. The fourth-order valence-corrected chi connectivity index (χ4v) is 7.84. The van der Waals surface area contributed by atoms with Crippen molar-refractivity contribution in [3.8, 4) is 11.5 Å². The number of benzene rings is 1. The second-order valence-corrected chi connectivity index (χ2v) is 28.8. The summed E-state index contributed by atoms with van der Waals surface area (Å²) in [6.07, 6.45) is 2.77. The fraction of sp³-hybridized carbons (Fsp3) is 0.676. The Bertz CT molecular complexity index is 1600. The van der Waals surface area contributed by atoms with Gasteiger partial charge in [0.15, 0.2) is 5.82 Å². The summed E-state index contributed by atoms with van der Waals surface area (Å²) in [6, 6.07) is 5.90. The van der Waals surface area contributed by atoms with Crippen molar-refractivity contribution in [1.29, 1.82) is 0 Å². The Morgan fingerprint density at radius 3 is 2.30 bits per heavy atom. The molecule has 1 amide bonds. The van der Waals surface area contributed by atoms with Crippen molar-refractivity contribution in [2.45, 2.75) is 117 Å². The number of hydrogen-bond acceptors (Lipinski definition) is 6. The molecule has 0 radical (unpaired) electrons. The molecule has 2 aliphatic rings. The number of fused-ring (bicyclic) bond motifs is 3. The largest absolute Gasteiger partial charge is 0.443 e. The molecule has 2 aromatic heterocycles. The van der Waals surface area contributed by atoms with Crippen molar-refractivity contribution < 1.29 is 19.0 Å². The van der Waals surface area contributed by atoms with Gasteiger partial charge in [0, 0.05) is 47.7 Å². The highest BCUT2D eigenvalue weighted by molar-refractivity contribution is 6.76. The molecule has 1 fully saturated rings. The predicted octanol–water partition coefficient (Wildman–Crippen LogP) is 8.67. The van der Waals surface area contributed by atoms with Gasteiger partial charge in [-0.1, -0.05) is 57.8 Å². The van der Waals surface area contributed by atoms with Crippen LogP contribution in [-0.4, -0.2) is 67.4 Å². The summed E-state index contributed by atoms with van der Waals surface area (Å²) < 4.78 is 22.4. The summed E-state index contributed by atoms with van der Waals surface area (Å²) in [4.78, 5) is 19.6. The average molecular weight is 688 g/mol. The number of anilines is 1. The van der Waals surface area contributed by atoms with Gasteiger partial charge in [-0.25, -0.2) is 14.5 Å². The Morgan fingerprint density at radius 1 is 1.07 bits per heavy atom. The molecule has 0 N–H and O–H groups in total. The van der Waals surface area contributed by atoms with E-state index in [0.717, 1.165) is 48.6 Å². The monoisotopic (exact) mass is 687 g/mol. The number of aromatic nitrogens is 4. The van der Waals surface area contributed by atoms with Crippen molar-refractivity contribution in [1.82, 2.24) is 19.3 Å². The van der Waals surface area contributed by atoms with E-state index in [2.05, 4.69) is 55.5 Å². The second kappa shape index (κ2) is 12.7. The molecule has 0 saturated heterocycles. The lowest BCUT2D eigenvalue weighted by Gasteiger charge is -2.25. The Morgan fingerprint density at radius 2 is 1.70 bits per heavy atom. The number of rotatable bonds is 12. The molecule has 9 nitrogen and oxygen atoms in total. The maximum absolute atomic E-state index is 13.0. The van der Waals surface area contributed by atoms with E-state index in [-0.39, 0.29) is 0 Å². The number of carbonyl (C=O) groups is 1. The van der Waals surface area contributed by atoms with Crippen LogP contribution >= 0.6 is 11.6 Å². The zero-order valence-corrected chi connectivity index (χ0v) is 32.6. The van der Waals surface area contributed by atoms with Crippen molar-refractivity contribution in [2.24, 2.45) is 11.3 Å². The number of nitrogens with zero attached hydrogens (tertiary/aromatic N) is 5. The topological polar surface area (TPSA) is 83.6 Å². The molecule has 5 rings (SSSR count). The van der Waals surface area contributed by atoms with Gasteiger partial charge in [0.05, 0.1) is 16.2 Å². The van der Waals surface area contributed by atoms with Gasteiger partial charge in [-0.05, 0) is 75.6 Å². The summed E-state index contributed by atoms with van der Waals surface area (Å²) >= 11 is 6.92. The van der Waals surface area contributed by atoms with Crippen LogP contribution in [0.5, 0.6) is 0 Å². The zero-order chi connectivity index (χ0) is 33.8. The van der Waals surface area contributed by atoms with E-state index >= 15 is 0 Å². The highest BCUT2D eigenvalue weighted by atomic mass is 35.5. The van der Waals surface area contributed by atoms with E-state index in [0.29, 0.717) is 47.6 Å². The lowest BCUT2D eigenvalue weighted by molar-refractivity contribution is 0.0589. The quantitative estimate of drug-likeness (QED) is 0.140. The van der Waals surface area contributed by atoms with Crippen LogP contribution in [0.15, 0.2) is 12.1 Å². The van der Waals surface area contributed by atoms with Gasteiger partial charge in [-0.2, -0.15) is 5.10 Å². The number of hydrogen-bond donors (Lipinski definition) is 0. The first-order chi connectivity index (χ1) is 21.2. The van der Waals surface area contributed by atoms with Gasteiger partial charge in [-0.15, -0.1) is 0 Å². The molecule has 1 saturated carbocycles. The molecule has 0 bridgehead atoms. The molecular weight excluding hydrogens is 634 g/mol. The summed E-state index contributed by atoms with van der Waals surface area (Å²) in [5.74, 6) is 1.40. The number of halogens is 1. The van der Waals surface area contributed by atoms with Gasteiger partial charge in [0.1, 0.15) is 30.3 Å². The maximum atomic E-state index is 13.0. The summed E-state index contributed by atoms with van der Waals surface area (Å²) in [7, 11) is -0.791. The molecule has 12 heteroatoms. The third-order valence-electron chi connectivity index (χ3n) is 9.21. The van der Waals surface area contributed by atoms with Crippen molar-refractivity contribution in [3.63, 3.8) is 0 Å². The lowest BCUT2D eigenvalue weighted by atomic mass is 9.87.